The molecule has 0 fully saturated rings. The molecule has 108 valence electrons. The van der Waals surface area contributed by atoms with Crippen molar-refractivity contribution in [3.63, 3.8) is 0 Å². The van der Waals surface area contributed by atoms with Crippen molar-refractivity contribution in [3.05, 3.63) is 46.2 Å². The van der Waals surface area contributed by atoms with Crippen molar-refractivity contribution in [1.29, 1.82) is 0 Å². The Labute approximate surface area is 119 Å². The second-order valence-corrected chi connectivity index (χ2v) is 4.91. The Kier molecular flexibility index (Phi) is 4.92. The van der Waals surface area contributed by atoms with E-state index in [0.29, 0.717) is 12.2 Å². The molecule has 0 aliphatic rings. The number of aliphatic hydroxyl groups is 1. The zero-order chi connectivity index (χ0) is 14.5. The second-order valence-electron chi connectivity index (χ2n) is 3.94. The number of halogens is 2. The van der Waals surface area contributed by atoms with Crippen LogP contribution in [0.25, 0.3) is 0 Å². The lowest BCUT2D eigenvalue weighted by Gasteiger charge is -2.15. The minimum atomic E-state index is -2.91. The van der Waals surface area contributed by atoms with Crippen molar-refractivity contribution in [2.45, 2.75) is 19.6 Å². The lowest BCUT2D eigenvalue weighted by atomic mass is 10.1. The predicted molar refractivity (Wildman–Crippen MR) is 72.6 cm³/mol. The number of alkyl halides is 2. The molecule has 1 aromatic heterocycles. The first-order valence-corrected chi connectivity index (χ1v) is 6.92. The van der Waals surface area contributed by atoms with Crippen molar-refractivity contribution < 1.29 is 23.4 Å². The monoisotopic (exact) mass is 300 g/mol. The van der Waals surface area contributed by atoms with Gasteiger partial charge in [0.05, 0.1) is 6.61 Å². The summed E-state index contributed by atoms with van der Waals surface area (Å²) < 4.78 is 34.3. The molecule has 1 unspecified atom stereocenters. The molecule has 0 aliphatic heterocycles. The third-order valence-corrected chi connectivity index (χ3v) is 3.54. The maximum atomic E-state index is 12.3. The normalized spacial score (nSPS) is 12.4. The number of ether oxygens (including phenoxy) is 2. The van der Waals surface area contributed by atoms with Crippen LogP contribution in [-0.4, -0.2) is 18.3 Å². The Morgan fingerprint density at radius 1 is 1.25 bits per heavy atom. The van der Waals surface area contributed by atoms with Gasteiger partial charge in [-0.1, -0.05) is 12.1 Å². The third-order valence-electron chi connectivity index (χ3n) is 2.61. The molecular formula is C14H14F2O3S. The molecule has 1 heterocycles. The molecule has 3 nitrogen and oxygen atoms in total. The number of thiophene rings is 1. The molecule has 0 radical (unpaired) electrons. The second kappa shape index (κ2) is 6.67. The Morgan fingerprint density at radius 3 is 2.65 bits per heavy atom. The topological polar surface area (TPSA) is 38.7 Å². The number of aliphatic hydroxyl groups excluding tert-OH is 1. The molecule has 1 N–H and O–H groups in total. The maximum Gasteiger partial charge on any atom is 0.387 e. The summed E-state index contributed by atoms with van der Waals surface area (Å²) >= 11 is 1.42. The van der Waals surface area contributed by atoms with E-state index in [1.807, 2.05) is 11.4 Å². The SMILES string of the molecule is CCOc1cc(C(O)c2cccs2)ccc1OC(F)F. The van der Waals surface area contributed by atoms with Crippen LogP contribution < -0.4 is 9.47 Å². The average molecular weight is 300 g/mol. The van der Waals surface area contributed by atoms with Crippen LogP contribution in [0.4, 0.5) is 8.78 Å². The van der Waals surface area contributed by atoms with Gasteiger partial charge in [-0.3, -0.25) is 0 Å². The van der Waals surface area contributed by atoms with E-state index in [-0.39, 0.29) is 11.5 Å². The molecule has 0 bridgehead atoms. The fourth-order valence-corrected chi connectivity index (χ4v) is 2.50. The molecule has 2 aromatic rings. The van der Waals surface area contributed by atoms with E-state index in [1.165, 1.54) is 23.5 Å². The molecule has 0 saturated carbocycles. The lowest BCUT2D eigenvalue weighted by molar-refractivity contribution is -0.0514. The van der Waals surface area contributed by atoms with Crippen molar-refractivity contribution in [2.75, 3.05) is 6.61 Å². The number of rotatable bonds is 6. The Balaban J connectivity index is 2.29. The minimum Gasteiger partial charge on any atom is -0.490 e. The van der Waals surface area contributed by atoms with Crippen LogP contribution in [0.15, 0.2) is 35.7 Å². The van der Waals surface area contributed by atoms with Gasteiger partial charge in [0.2, 0.25) is 0 Å². The summed E-state index contributed by atoms with van der Waals surface area (Å²) in [5, 5.41) is 12.1. The summed E-state index contributed by atoms with van der Waals surface area (Å²) in [4.78, 5) is 0.773. The molecule has 2 rings (SSSR count). The number of benzene rings is 1. The lowest BCUT2D eigenvalue weighted by Crippen LogP contribution is -2.06. The van der Waals surface area contributed by atoms with Crippen molar-refractivity contribution in [1.82, 2.24) is 0 Å². The van der Waals surface area contributed by atoms with Crippen LogP contribution in [0.1, 0.15) is 23.5 Å². The largest absolute Gasteiger partial charge is 0.490 e. The summed E-state index contributed by atoms with van der Waals surface area (Å²) in [5.74, 6) is 0.157. The van der Waals surface area contributed by atoms with Crippen molar-refractivity contribution in [3.8, 4) is 11.5 Å². The first-order chi connectivity index (χ1) is 9.61. The summed E-state index contributed by atoms with van der Waals surface area (Å²) in [7, 11) is 0. The fraction of sp³-hybridized carbons (Fsp3) is 0.286. The van der Waals surface area contributed by atoms with E-state index in [2.05, 4.69) is 4.74 Å². The van der Waals surface area contributed by atoms with Gasteiger partial charge in [-0.25, -0.2) is 0 Å². The average Bonchev–Trinajstić information content (AvgIpc) is 2.93. The van der Waals surface area contributed by atoms with Gasteiger partial charge in [0.1, 0.15) is 6.10 Å². The highest BCUT2D eigenvalue weighted by atomic mass is 32.1. The molecule has 20 heavy (non-hydrogen) atoms. The van der Waals surface area contributed by atoms with Gasteiger partial charge in [0.15, 0.2) is 11.5 Å². The highest BCUT2D eigenvalue weighted by Gasteiger charge is 2.16. The third kappa shape index (κ3) is 3.46. The minimum absolute atomic E-state index is 0.0380. The summed E-state index contributed by atoms with van der Waals surface area (Å²) in [6.07, 6.45) is -0.810. The molecule has 0 aliphatic carbocycles. The van der Waals surface area contributed by atoms with E-state index in [4.69, 9.17) is 4.74 Å². The zero-order valence-corrected chi connectivity index (χ0v) is 11.6. The van der Waals surface area contributed by atoms with Crippen LogP contribution in [0.2, 0.25) is 0 Å². The molecule has 1 aromatic carbocycles. The molecule has 1 atom stereocenters. The summed E-state index contributed by atoms with van der Waals surface area (Å²) in [6.45, 7) is -0.852. The number of hydrogen-bond donors (Lipinski definition) is 1. The van der Waals surface area contributed by atoms with E-state index < -0.39 is 12.7 Å². The molecular weight excluding hydrogens is 286 g/mol. The highest BCUT2D eigenvalue weighted by molar-refractivity contribution is 7.10. The van der Waals surface area contributed by atoms with Crippen LogP contribution in [0, 0.1) is 0 Å². The van der Waals surface area contributed by atoms with Gasteiger partial charge in [-0.15, -0.1) is 11.3 Å². The maximum absolute atomic E-state index is 12.3. The van der Waals surface area contributed by atoms with E-state index in [1.54, 1.807) is 19.1 Å². The van der Waals surface area contributed by atoms with Gasteiger partial charge < -0.3 is 14.6 Å². The Bertz CT molecular complexity index is 543. The summed E-state index contributed by atoms with van der Waals surface area (Å²) in [6, 6.07) is 8.08. The summed E-state index contributed by atoms with van der Waals surface area (Å²) in [5.41, 5.74) is 0.567. The van der Waals surface area contributed by atoms with Crippen LogP contribution >= 0.6 is 11.3 Å². The van der Waals surface area contributed by atoms with E-state index in [0.717, 1.165) is 4.88 Å². The smallest absolute Gasteiger partial charge is 0.387 e. The first kappa shape index (κ1) is 14.7. The fourth-order valence-electron chi connectivity index (χ4n) is 1.77. The van der Waals surface area contributed by atoms with Gasteiger partial charge in [-0.2, -0.15) is 8.78 Å². The Hall–Kier alpha value is -1.66. The standard InChI is InChI=1S/C14H14F2O3S/c1-2-18-11-8-9(5-6-10(11)19-14(15)16)13(17)12-4-3-7-20-12/h3-8,13-14,17H,2H2,1H3. The van der Waals surface area contributed by atoms with Crippen LogP contribution in [-0.2, 0) is 0 Å². The zero-order valence-electron chi connectivity index (χ0n) is 10.8. The van der Waals surface area contributed by atoms with Gasteiger partial charge in [0, 0.05) is 4.88 Å². The van der Waals surface area contributed by atoms with Gasteiger partial charge in [-0.05, 0) is 36.1 Å². The molecule has 0 amide bonds. The van der Waals surface area contributed by atoms with Crippen molar-refractivity contribution >= 4 is 11.3 Å². The molecule has 0 saturated heterocycles. The quantitative estimate of drug-likeness (QED) is 0.881. The molecule has 0 spiro atoms. The number of hydrogen-bond acceptors (Lipinski definition) is 4. The van der Waals surface area contributed by atoms with Gasteiger partial charge in [0.25, 0.3) is 0 Å². The van der Waals surface area contributed by atoms with E-state index in [9.17, 15) is 13.9 Å². The van der Waals surface area contributed by atoms with Crippen LogP contribution in [0.3, 0.4) is 0 Å². The predicted octanol–water partition coefficient (Wildman–Crippen LogP) is 3.83. The Morgan fingerprint density at radius 2 is 2.05 bits per heavy atom. The first-order valence-electron chi connectivity index (χ1n) is 6.04. The van der Waals surface area contributed by atoms with Crippen molar-refractivity contribution in [2.24, 2.45) is 0 Å². The van der Waals surface area contributed by atoms with Crippen LogP contribution in [0.5, 0.6) is 11.5 Å². The van der Waals surface area contributed by atoms with E-state index >= 15 is 0 Å². The van der Waals surface area contributed by atoms with Gasteiger partial charge >= 0.3 is 6.61 Å². The molecule has 6 heteroatoms. The highest BCUT2D eigenvalue weighted by Crippen LogP contribution is 2.34.